The van der Waals surface area contributed by atoms with Gasteiger partial charge in [-0.25, -0.2) is 8.42 Å². The van der Waals surface area contributed by atoms with Crippen molar-refractivity contribution in [2.24, 2.45) is 0 Å². The van der Waals surface area contributed by atoms with Gasteiger partial charge in [0, 0.05) is 18.4 Å². The summed E-state index contributed by atoms with van der Waals surface area (Å²) in [5.41, 5.74) is 1.48. The molecule has 26 heavy (non-hydrogen) atoms. The number of amides is 1. The molecule has 1 saturated carbocycles. The van der Waals surface area contributed by atoms with Gasteiger partial charge in [0.15, 0.2) is 0 Å². The molecule has 0 bridgehead atoms. The maximum Gasteiger partial charge on any atom is 0.266 e. The number of hydrogen-bond donors (Lipinski definition) is 1. The van der Waals surface area contributed by atoms with Crippen LogP contribution in [0.25, 0.3) is 0 Å². The summed E-state index contributed by atoms with van der Waals surface area (Å²) in [6.07, 6.45) is 6.91. The summed E-state index contributed by atoms with van der Waals surface area (Å²) in [5, 5.41) is 2.95. The van der Waals surface area contributed by atoms with Gasteiger partial charge in [0.25, 0.3) is 10.0 Å². The minimum absolute atomic E-state index is 0.0641. The van der Waals surface area contributed by atoms with Crippen LogP contribution in [0.15, 0.2) is 53.7 Å². The lowest BCUT2D eigenvalue weighted by atomic mass is 10.2. The zero-order valence-corrected chi connectivity index (χ0v) is 15.6. The highest BCUT2D eigenvalue weighted by molar-refractivity contribution is 7.92. The molecule has 1 aliphatic rings. The van der Waals surface area contributed by atoms with Crippen molar-refractivity contribution >= 4 is 21.6 Å². The second-order valence-corrected chi connectivity index (χ2v) is 8.45. The highest BCUT2D eigenvalue weighted by Gasteiger charge is 2.28. The molecule has 138 valence electrons. The van der Waals surface area contributed by atoms with Crippen LogP contribution in [0.1, 0.15) is 31.2 Å². The summed E-state index contributed by atoms with van der Waals surface area (Å²) in [7, 11) is -3.89. The number of nitrogens with zero attached hydrogens (tertiary/aromatic N) is 2. The van der Waals surface area contributed by atoms with Gasteiger partial charge < -0.3 is 5.32 Å². The highest BCUT2D eigenvalue weighted by Crippen LogP contribution is 2.24. The Morgan fingerprint density at radius 2 is 1.88 bits per heavy atom. The van der Waals surface area contributed by atoms with Crippen LogP contribution < -0.4 is 9.62 Å². The fourth-order valence-electron chi connectivity index (χ4n) is 3.13. The van der Waals surface area contributed by atoms with Crippen molar-refractivity contribution < 1.29 is 13.2 Å². The Hall–Kier alpha value is -2.41. The third-order valence-corrected chi connectivity index (χ3v) is 6.31. The number of benzene rings is 1. The molecule has 0 spiro atoms. The van der Waals surface area contributed by atoms with Crippen LogP contribution in [-0.4, -0.2) is 31.9 Å². The second kappa shape index (κ2) is 7.86. The van der Waals surface area contributed by atoms with Crippen molar-refractivity contribution in [3.63, 3.8) is 0 Å². The Balaban J connectivity index is 1.89. The minimum atomic E-state index is -3.89. The predicted molar refractivity (Wildman–Crippen MR) is 100 cm³/mol. The average molecular weight is 373 g/mol. The molecule has 0 radical (unpaired) electrons. The number of carbonyl (C=O) groups excluding carboxylic acids is 1. The normalized spacial score (nSPS) is 15.0. The zero-order valence-electron chi connectivity index (χ0n) is 14.8. The van der Waals surface area contributed by atoms with E-state index in [1.807, 2.05) is 19.1 Å². The summed E-state index contributed by atoms with van der Waals surface area (Å²) in [6.45, 7) is 1.67. The van der Waals surface area contributed by atoms with Crippen LogP contribution in [-0.2, 0) is 14.8 Å². The molecular formula is C19H23N3O3S. The van der Waals surface area contributed by atoms with E-state index in [9.17, 15) is 13.2 Å². The molecule has 0 atom stereocenters. The first kappa shape index (κ1) is 18.4. The molecule has 0 unspecified atom stereocenters. The summed E-state index contributed by atoms with van der Waals surface area (Å²) >= 11 is 0. The van der Waals surface area contributed by atoms with Gasteiger partial charge in [-0.2, -0.15) is 0 Å². The number of rotatable bonds is 6. The maximum atomic E-state index is 13.1. The first-order valence-electron chi connectivity index (χ1n) is 8.75. The van der Waals surface area contributed by atoms with Crippen LogP contribution in [0.2, 0.25) is 0 Å². The topological polar surface area (TPSA) is 79.4 Å². The molecule has 1 aliphatic carbocycles. The third-order valence-electron chi connectivity index (χ3n) is 4.55. The molecule has 1 aromatic carbocycles. The number of aryl methyl sites for hydroxylation is 1. The number of sulfonamides is 1. The van der Waals surface area contributed by atoms with Gasteiger partial charge >= 0.3 is 0 Å². The van der Waals surface area contributed by atoms with Crippen LogP contribution in [0.4, 0.5) is 5.69 Å². The summed E-state index contributed by atoms with van der Waals surface area (Å²) in [4.78, 5) is 16.5. The number of pyridine rings is 1. The van der Waals surface area contributed by atoms with Crippen molar-refractivity contribution in [2.45, 2.75) is 43.5 Å². The quantitative estimate of drug-likeness (QED) is 0.844. The molecule has 1 aromatic heterocycles. The molecule has 0 saturated heterocycles. The number of aromatic nitrogens is 1. The monoisotopic (exact) mass is 373 g/mol. The van der Waals surface area contributed by atoms with Crippen molar-refractivity contribution in [3.05, 3.63) is 54.4 Å². The highest BCUT2D eigenvalue weighted by atomic mass is 32.2. The van der Waals surface area contributed by atoms with Gasteiger partial charge in [-0.3, -0.25) is 14.1 Å². The molecule has 3 rings (SSSR count). The van der Waals surface area contributed by atoms with Crippen molar-refractivity contribution in [3.8, 4) is 0 Å². The van der Waals surface area contributed by atoms with Gasteiger partial charge in [0.1, 0.15) is 11.4 Å². The molecule has 0 aliphatic heterocycles. The van der Waals surface area contributed by atoms with Crippen LogP contribution in [0.5, 0.6) is 0 Å². The molecule has 1 amide bonds. The Labute approximate surface area is 154 Å². The van der Waals surface area contributed by atoms with E-state index in [1.54, 1.807) is 18.2 Å². The zero-order chi connectivity index (χ0) is 18.6. The van der Waals surface area contributed by atoms with Crippen LogP contribution in [0.3, 0.4) is 0 Å². The first-order chi connectivity index (χ1) is 12.5. The number of hydrogen-bond acceptors (Lipinski definition) is 4. The Morgan fingerprint density at radius 1 is 1.19 bits per heavy atom. The van der Waals surface area contributed by atoms with Crippen molar-refractivity contribution in [1.29, 1.82) is 0 Å². The molecular weight excluding hydrogens is 350 g/mol. The Morgan fingerprint density at radius 3 is 2.50 bits per heavy atom. The van der Waals surface area contributed by atoms with E-state index in [4.69, 9.17) is 0 Å². The molecule has 1 heterocycles. The van der Waals surface area contributed by atoms with E-state index in [-0.39, 0.29) is 23.4 Å². The van der Waals surface area contributed by atoms with Gasteiger partial charge in [-0.05, 0) is 44.0 Å². The SMILES string of the molecule is Cc1ccc(N(CC(=O)NC2CCCC2)S(=O)(=O)c2cccnc2)cc1. The van der Waals surface area contributed by atoms with E-state index >= 15 is 0 Å². The minimum Gasteiger partial charge on any atom is -0.352 e. The molecule has 6 nitrogen and oxygen atoms in total. The average Bonchev–Trinajstić information content (AvgIpc) is 3.14. The molecule has 1 fully saturated rings. The fourth-order valence-corrected chi connectivity index (χ4v) is 4.51. The lowest BCUT2D eigenvalue weighted by Gasteiger charge is -2.25. The standard InChI is InChI=1S/C19H23N3O3S/c1-15-8-10-17(11-9-15)22(14-19(23)21-16-5-2-3-6-16)26(24,25)18-7-4-12-20-13-18/h4,7-13,16H,2-3,5-6,14H2,1H3,(H,21,23). The van der Waals surface area contributed by atoms with E-state index in [0.29, 0.717) is 5.69 Å². The third kappa shape index (κ3) is 4.22. The maximum absolute atomic E-state index is 13.1. The molecule has 2 aromatic rings. The Kier molecular flexibility index (Phi) is 5.56. The first-order valence-corrected chi connectivity index (χ1v) is 10.2. The second-order valence-electron chi connectivity index (χ2n) is 6.58. The number of nitrogens with one attached hydrogen (secondary N) is 1. The fraction of sp³-hybridized carbons (Fsp3) is 0.368. The van der Waals surface area contributed by atoms with E-state index < -0.39 is 10.0 Å². The van der Waals surface area contributed by atoms with E-state index in [2.05, 4.69) is 10.3 Å². The van der Waals surface area contributed by atoms with Crippen molar-refractivity contribution in [2.75, 3.05) is 10.8 Å². The van der Waals surface area contributed by atoms with E-state index in [0.717, 1.165) is 35.6 Å². The summed E-state index contributed by atoms with van der Waals surface area (Å²) in [6, 6.07) is 10.3. The number of carbonyl (C=O) groups is 1. The summed E-state index contributed by atoms with van der Waals surface area (Å²) < 4.78 is 27.3. The lowest BCUT2D eigenvalue weighted by Crippen LogP contribution is -2.43. The van der Waals surface area contributed by atoms with Gasteiger partial charge in [-0.15, -0.1) is 0 Å². The Bertz CT molecular complexity index is 845. The predicted octanol–water partition coefficient (Wildman–Crippen LogP) is 2.64. The summed E-state index contributed by atoms with van der Waals surface area (Å²) in [5.74, 6) is -0.287. The largest absolute Gasteiger partial charge is 0.352 e. The van der Waals surface area contributed by atoms with Crippen LogP contribution >= 0.6 is 0 Å². The lowest BCUT2D eigenvalue weighted by molar-refractivity contribution is -0.120. The van der Waals surface area contributed by atoms with Crippen LogP contribution in [0, 0.1) is 6.92 Å². The van der Waals surface area contributed by atoms with Gasteiger partial charge in [0.05, 0.1) is 5.69 Å². The van der Waals surface area contributed by atoms with Gasteiger partial charge in [-0.1, -0.05) is 30.5 Å². The van der Waals surface area contributed by atoms with Crippen molar-refractivity contribution in [1.82, 2.24) is 10.3 Å². The molecule has 1 N–H and O–H groups in total. The molecule has 7 heteroatoms. The smallest absolute Gasteiger partial charge is 0.266 e. The van der Waals surface area contributed by atoms with Gasteiger partial charge in [0.2, 0.25) is 5.91 Å². The van der Waals surface area contributed by atoms with E-state index in [1.165, 1.54) is 18.5 Å². The number of anilines is 1.